The molecule has 2 aliphatic carbocycles. The maximum Gasteiger partial charge on any atom is 0.343 e. The SMILES string of the molecule is CCOC(=O)c1cn(C2CC2)c2nc(C3(N)CC3)c(F)cc2c1=O. The van der Waals surface area contributed by atoms with E-state index in [1.54, 1.807) is 11.5 Å². The second-order valence-corrected chi connectivity index (χ2v) is 6.58. The predicted molar refractivity (Wildman–Crippen MR) is 85.3 cm³/mol. The lowest BCUT2D eigenvalue weighted by Crippen LogP contribution is -2.25. The number of hydrogen-bond donors (Lipinski definition) is 1. The number of hydrogen-bond acceptors (Lipinski definition) is 5. The van der Waals surface area contributed by atoms with E-state index in [1.165, 1.54) is 6.20 Å². The fraction of sp³-hybridized carbons (Fsp3) is 0.471. The number of aromatic nitrogens is 2. The molecule has 2 fully saturated rings. The molecule has 2 saturated carbocycles. The van der Waals surface area contributed by atoms with Gasteiger partial charge in [-0.25, -0.2) is 14.2 Å². The average Bonchev–Trinajstić information content (AvgIpc) is 3.45. The summed E-state index contributed by atoms with van der Waals surface area (Å²) in [5.74, 6) is -1.29. The van der Waals surface area contributed by atoms with Gasteiger partial charge in [-0.1, -0.05) is 0 Å². The first-order chi connectivity index (χ1) is 11.4. The number of nitrogens with two attached hydrogens (primary N) is 1. The van der Waals surface area contributed by atoms with Gasteiger partial charge < -0.3 is 15.0 Å². The predicted octanol–water partition coefficient (Wildman–Crippen LogP) is 2.00. The smallest absolute Gasteiger partial charge is 0.343 e. The van der Waals surface area contributed by atoms with Crippen LogP contribution in [-0.2, 0) is 10.3 Å². The zero-order valence-electron chi connectivity index (χ0n) is 13.3. The first-order valence-electron chi connectivity index (χ1n) is 8.16. The first kappa shape index (κ1) is 15.3. The molecule has 0 saturated heterocycles. The second kappa shape index (κ2) is 5.11. The van der Waals surface area contributed by atoms with E-state index in [1.807, 2.05) is 0 Å². The minimum Gasteiger partial charge on any atom is -0.462 e. The molecule has 0 unspecified atom stereocenters. The molecule has 0 bridgehead atoms. The van der Waals surface area contributed by atoms with Crippen molar-refractivity contribution in [3.8, 4) is 0 Å². The molecule has 2 aromatic heterocycles. The van der Waals surface area contributed by atoms with Crippen LogP contribution >= 0.6 is 0 Å². The van der Waals surface area contributed by atoms with E-state index in [0.29, 0.717) is 18.5 Å². The zero-order chi connectivity index (χ0) is 17.1. The summed E-state index contributed by atoms with van der Waals surface area (Å²) in [5, 5.41) is 0.0953. The van der Waals surface area contributed by atoms with Gasteiger partial charge in [0, 0.05) is 12.2 Å². The zero-order valence-corrected chi connectivity index (χ0v) is 13.3. The fourth-order valence-corrected chi connectivity index (χ4v) is 2.95. The molecule has 0 spiro atoms. The summed E-state index contributed by atoms with van der Waals surface area (Å²) in [5.41, 5.74) is 5.31. The number of carbonyl (C=O) groups is 1. The van der Waals surface area contributed by atoms with Gasteiger partial charge in [0.15, 0.2) is 0 Å². The Morgan fingerprint density at radius 1 is 1.50 bits per heavy atom. The number of nitrogens with zero attached hydrogens (tertiary/aromatic N) is 2. The third-order valence-corrected chi connectivity index (χ3v) is 4.65. The van der Waals surface area contributed by atoms with E-state index in [9.17, 15) is 14.0 Å². The van der Waals surface area contributed by atoms with Crippen LogP contribution in [0.4, 0.5) is 4.39 Å². The van der Waals surface area contributed by atoms with Crippen molar-refractivity contribution in [2.75, 3.05) is 6.61 Å². The van der Waals surface area contributed by atoms with E-state index in [4.69, 9.17) is 10.5 Å². The Kier molecular flexibility index (Phi) is 3.25. The van der Waals surface area contributed by atoms with Gasteiger partial charge in [0.25, 0.3) is 0 Å². The van der Waals surface area contributed by atoms with E-state index < -0.39 is 22.8 Å². The summed E-state index contributed by atoms with van der Waals surface area (Å²) < 4.78 is 21.2. The number of esters is 1. The number of rotatable bonds is 4. The average molecular weight is 331 g/mol. The summed E-state index contributed by atoms with van der Waals surface area (Å²) >= 11 is 0. The van der Waals surface area contributed by atoms with Crippen LogP contribution in [0, 0.1) is 5.82 Å². The Labute approximate surface area is 137 Å². The van der Waals surface area contributed by atoms with Crippen molar-refractivity contribution in [3.05, 3.63) is 39.6 Å². The number of ether oxygens (including phenoxy) is 1. The van der Waals surface area contributed by atoms with Crippen LogP contribution in [0.3, 0.4) is 0 Å². The highest BCUT2D eigenvalue weighted by Crippen LogP contribution is 2.44. The lowest BCUT2D eigenvalue weighted by atomic mass is 10.1. The van der Waals surface area contributed by atoms with Crippen molar-refractivity contribution in [2.45, 2.75) is 44.2 Å². The standard InChI is InChI=1S/C17H18FN3O3/c1-2-24-16(23)11-8-21(9-3-4-9)15-10(13(11)22)7-12(18)14(20-15)17(19)5-6-17/h7-9H,2-6,19H2,1H3. The summed E-state index contributed by atoms with van der Waals surface area (Å²) in [4.78, 5) is 29.1. The van der Waals surface area contributed by atoms with Crippen molar-refractivity contribution >= 4 is 17.0 Å². The molecular formula is C17H18FN3O3. The van der Waals surface area contributed by atoms with Crippen LogP contribution in [0.5, 0.6) is 0 Å². The first-order valence-corrected chi connectivity index (χ1v) is 8.16. The third kappa shape index (κ3) is 2.31. The van der Waals surface area contributed by atoms with Gasteiger partial charge in [0.05, 0.1) is 23.2 Å². The van der Waals surface area contributed by atoms with Crippen LogP contribution < -0.4 is 11.2 Å². The highest BCUT2D eigenvalue weighted by Gasteiger charge is 2.44. The van der Waals surface area contributed by atoms with Crippen molar-refractivity contribution in [3.63, 3.8) is 0 Å². The lowest BCUT2D eigenvalue weighted by Gasteiger charge is -2.15. The summed E-state index contributed by atoms with van der Waals surface area (Å²) in [6.45, 7) is 1.84. The Morgan fingerprint density at radius 2 is 2.21 bits per heavy atom. The van der Waals surface area contributed by atoms with Crippen LogP contribution in [0.1, 0.15) is 54.7 Å². The Hall–Kier alpha value is -2.28. The molecule has 0 aliphatic heterocycles. The van der Waals surface area contributed by atoms with E-state index >= 15 is 0 Å². The van der Waals surface area contributed by atoms with Gasteiger partial charge in [-0.05, 0) is 38.7 Å². The highest BCUT2D eigenvalue weighted by atomic mass is 19.1. The van der Waals surface area contributed by atoms with Crippen molar-refractivity contribution in [1.82, 2.24) is 9.55 Å². The van der Waals surface area contributed by atoms with Gasteiger partial charge in [0.1, 0.15) is 17.0 Å². The minimum absolute atomic E-state index is 0.0842. The normalized spacial score (nSPS) is 18.6. The molecule has 2 N–H and O–H groups in total. The molecule has 0 radical (unpaired) electrons. The number of carbonyl (C=O) groups excluding carboxylic acids is 1. The molecule has 0 aromatic carbocycles. The molecule has 126 valence electrons. The van der Waals surface area contributed by atoms with E-state index in [0.717, 1.165) is 18.9 Å². The van der Waals surface area contributed by atoms with Crippen molar-refractivity contribution < 1.29 is 13.9 Å². The summed E-state index contributed by atoms with van der Waals surface area (Å²) in [6.07, 6.45) is 4.71. The number of halogens is 1. The largest absolute Gasteiger partial charge is 0.462 e. The second-order valence-electron chi connectivity index (χ2n) is 6.58. The van der Waals surface area contributed by atoms with Gasteiger partial charge in [-0.2, -0.15) is 0 Å². The van der Waals surface area contributed by atoms with Gasteiger partial charge in [-0.15, -0.1) is 0 Å². The number of fused-ring (bicyclic) bond motifs is 1. The Balaban J connectivity index is 1.98. The molecule has 6 nitrogen and oxygen atoms in total. The highest BCUT2D eigenvalue weighted by molar-refractivity contribution is 5.93. The maximum atomic E-state index is 14.5. The van der Waals surface area contributed by atoms with E-state index in [2.05, 4.69) is 4.98 Å². The monoisotopic (exact) mass is 331 g/mol. The topological polar surface area (TPSA) is 87.2 Å². The van der Waals surface area contributed by atoms with E-state index in [-0.39, 0.29) is 29.3 Å². The van der Waals surface area contributed by atoms with Crippen LogP contribution in [0.25, 0.3) is 11.0 Å². The van der Waals surface area contributed by atoms with Crippen LogP contribution in [0.2, 0.25) is 0 Å². The molecule has 4 rings (SSSR count). The molecule has 2 aromatic rings. The molecule has 7 heteroatoms. The molecule has 0 atom stereocenters. The molecule has 24 heavy (non-hydrogen) atoms. The summed E-state index contributed by atoms with van der Waals surface area (Å²) in [6, 6.07) is 1.33. The lowest BCUT2D eigenvalue weighted by molar-refractivity contribution is 0.0524. The van der Waals surface area contributed by atoms with Crippen LogP contribution in [-0.4, -0.2) is 22.1 Å². The third-order valence-electron chi connectivity index (χ3n) is 4.65. The van der Waals surface area contributed by atoms with Crippen molar-refractivity contribution in [1.29, 1.82) is 0 Å². The Bertz CT molecular complexity index is 913. The molecule has 0 amide bonds. The fourth-order valence-electron chi connectivity index (χ4n) is 2.95. The molecule has 2 heterocycles. The van der Waals surface area contributed by atoms with Gasteiger partial charge in [0.2, 0.25) is 5.43 Å². The summed E-state index contributed by atoms with van der Waals surface area (Å²) in [7, 11) is 0. The maximum absolute atomic E-state index is 14.5. The molecule has 2 aliphatic rings. The van der Waals surface area contributed by atoms with Gasteiger partial charge >= 0.3 is 5.97 Å². The molecular weight excluding hydrogens is 313 g/mol. The minimum atomic E-state index is -0.734. The van der Waals surface area contributed by atoms with Crippen molar-refractivity contribution in [2.24, 2.45) is 5.73 Å². The van der Waals surface area contributed by atoms with Gasteiger partial charge in [-0.3, -0.25) is 4.79 Å². The Morgan fingerprint density at radius 3 is 2.79 bits per heavy atom. The quantitative estimate of drug-likeness (QED) is 0.866. The van der Waals surface area contributed by atoms with Crippen LogP contribution in [0.15, 0.2) is 17.1 Å². The number of pyridine rings is 2.